The van der Waals surface area contributed by atoms with Crippen LogP contribution in [0.25, 0.3) is 0 Å². The fraction of sp³-hybridized carbons (Fsp3) is 0.467. The Kier molecular flexibility index (Phi) is 6.19. The minimum atomic E-state index is -0.365. The first-order valence-corrected chi connectivity index (χ1v) is 13.2. The number of carbonyl (C=O) groups excluding carboxylic acids is 1. The van der Waals surface area contributed by atoms with E-state index in [0.29, 0.717) is 29.7 Å². The van der Waals surface area contributed by atoms with Gasteiger partial charge in [0, 0.05) is 31.0 Å². The lowest BCUT2D eigenvalue weighted by Gasteiger charge is -2.20. The van der Waals surface area contributed by atoms with Crippen molar-refractivity contribution in [3.63, 3.8) is 0 Å². The van der Waals surface area contributed by atoms with Crippen LogP contribution in [0.2, 0.25) is 0 Å². The molecule has 35 heavy (non-hydrogen) atoms. The summed E-state index contributed by atoms with van der Waals surface area (Å²) in [5.74, 6) is 2.29. The zero-order valence-electron chi connectivity index (χ0n) is 20.2. The number of carbonyl (C=O) groups is 1. The molecule has 2 saturated carbocycles. The molecule has 1 amide bonds. The summed E-state index contributed by atoms with van der Waals surface area (Å²) < 4.78 is 2.10. The third-order valence-electron chi connectivity index (χ3n) is 8.81. The van der Waals surface area contributed by atoms with Gasteiger partial charge < -0.3 is 10.0 Å². The highest BCUT2D eigenvalue weighted by Gasteiger charge is 2.43. The van der Waals surface area contributed by atoms with Crippen molar-refractivity contribution in [2.24, 2.45) is 23.7 Å². The van der Waals surface area contributed by atoms with E-state index in [-0.39, 0.29) is 12.0 Å². The lowest BCUT2D eigenvalue weighted by atomic mass is 9.91. The molecule has 6 rings (SSSR count). The normalized spacial score (nSPS) is 28.8. The van der Waals surface area contributed by atoms with Gasteiger partial charge >= 0.3 is 0 Å². The van der Waals surface area contributed by atoms with E-state index in [4.69, 9.17) is 0 Å². The number of hydrogen-bond acceptors (Lipinski definition) is 3. The van der Waals surface area contributed by atoms with Crippen molar-refractivity contribution in [3.05, 3.63) is 89.7 Å². The molecule has 0 spiro atoms. The number of hydrogen-bond donors (Lipinski definition) is 1. The standard InChI is InChI=1S/C30H35N3O2/c34-29(23-5-2-1-3-6-23)25-12-9-22(16-25)15-21-7-10-24(11-8-21)30(35)32-19-26-17-28(18-27(26)20-32)33-14-4-13-31-33/h1-8,10-11,13-14,22,25-29,34H,9,12,15-20H2/t22-,25-,26?,27?,28?,29+/m0/s1. The predicted octanol–water partition coefficient (Wildman–Crippen LogP) is 5.30. The summed E-state index contributed by atoms with van der Waals surface area (Å²) in [6.45, 7) is 1.74. The van der Waals surface area contributed by atoms with Crippen molar-refractivity contribution in [2.45, 2.75) is 50.7 Å². The second kappa shape index (κ2) is 9.62. The SMILES string of the molecule is O=C(c1ccc(C[C@@H]2CC[C@H]([C@H](O)c3ccccc3)C2)cc1)N1CC2CC(n3cccn3)CC2C1. The maximum atomic E-state index is 13.2. The summed E-state index contributed by atoms with van der Waals surface area (Å²) in [5, 5.41) is 15.2. The van der Waals surface area contributed by atoms with Gasteiger partial charge in [0.25, 0.3) is 5.91 Å². The number of benzene rings is 2. The van der Waals surface area contributed by atoms with Crippen molar-refractivity contribution in [3.8, 4) is 0 Å². The highest BCUT2D eigenvalue weighted by Crippen LogP contribution is 2.44. The molecular weight excluding hydrogens is 434 g/mol. The van der Waals surface area contributed by atoms with E-state index in [1.807, 2.05) is 54.7 Å². The number of nitrogens with zero attached hydrogens (tertiary/aromatic N) is 3. The molecule has 0 bridgehead atoms. The molecule has 1 saturated heterocycles. The van der Waals surface area contributed by atoms with Gasteiger partial charge in [-0.2, -0.15) is 5.10 Å². The fourth-order valence-corrected chi connectivity index (χ4v) is 6.95. The minimum Gasteiger partial charge on any atom is -0.388 e. The predicted molar refractivity (Wildman–Crippen MR) is 136 cm³/mol. The Hall–Kier alpha value is -2.92. The molecule has 2 heterocycles. The molecule has 1 aromatic heterocycles. The maximum absolute atomic E-state index is 13.2. The number of likely N-dealkylation sites (tertiary alicyclic amines) is 1. The highest BCUT2D eigenvalue weighted by atomic mass is 16.3. The number of aliphatic hydroxyl groups is 1. The van der Waals surface area contributed by atoms with Crippen LogP contribution in [0.3, 0.4) is 0 Å². The topological polar surface area (TPSA) is 58.4 Å². The summed E-state index contributed by atoms with van der Waals surface area (Å²) >= 11 is 0. The van der Waals surface area contributed by atoms with Crippen LogP contribution in [-0.2, 0) is 6.42 Å². The molecule has 182 valence electrons. The second-order valence-electron chi connectivity index (χ2n) is 11.0. The molecular formula is C30H35N3O2. The maximum Gasteiger partial charge on any atom is 0.253 e. The van der Waals surface area contributed by atoms with E-state index in [9.17, 15) is 9.90 Å². The van der Waals surface area contributed by atoms with Gasteiger partial charge in [0.15, 0.2) is 0 Å². The molecule has 5 nitrogen and oxygen atoms in total. The van der Waals surface area contributed by atoms with E-state index in [2.05, 4.69) is 33.0 Å². The third kappa shape index (κ3) is 4.66. The van der Waals surface area contributed by atoms with E-state index in [0.717, 1.165) is 62.7 Å². The molecule has 0 radical (unpaired) electrons. The fourth-order valence-electron chi connectivity index (χ4n) is 6.95. The van der Waals surface area contributed by atoms with Crippen molar-refractivity contribution in [1.82, 2.24) is 14.7 Å². The number of aliphatic hydroxyl groups excluding tert-OH is 1. The number of amides is 1. The van der Waals surface area contributed by atoms with E-state index in [1.54, 1.807) is 0 Å². The minimum absolute atomic E-state index is 0.175. The first-order chi connectivity index (χ1) is 17.1. The molecule has 1 N–H and O–H groups in total. The van der Waals surface area contributed by atoms with Crippen molar-refractivity contribution in [2.75, 3.05) is 13.1 Å². The molecule has 3 fully saturated rings. The van der Waals surface area contributed by atoms with Crippen LogP contribution in [0, 0.1) is 23.7 Å². The van der Waals surface area contributed by atoms with Crippen LogP contribution >= 0.6 is 0 Å². The lowest BCUT2D eigenvalue weighted by molar-refractivity contribution is 0.0777. The second-order valence-corrected chi connectivity index (χ2v) is 11.0. The summed E-state index contributed by atoms with van der Waals surface area (Å²) in [6.07, 6.45) is 10.1. The highest BCUT2D eigenvalue weighted by molar-refractivity contribution is 5.94. The Morgan fingerprint density at radius 1 is 0.943 bits per heavy atom. The van der Waals surface area contributed by atoms with Gasteiger partial charge in [-0.25, -0.2) is 0 Å². The van der Waals surface area contributed by atoms with Crippen LogP contribution in [0.15, 0.2) is 73.1 Å². The Morgan fingerprint density at radius 2 is 1.69 bits per heavy atom. The zero-order valence-corrected chi connectivity index (χ0v) is 20.2. The van der Waals surface area contributed by atoms with E-state index < -0.39 is 0 Å². The van der Waals surface area contributed by atoms with Crippen molar-refractivity contribution in [1.29, 1.82) is 0 Å². The van der Waals surface area contributed by atoms with Gasteiger partial charge in [-0.1, -0.05) is 42.5 Å². The molecule has 1 aliphatic heterocycles. The number of rotatable bonds is 6. The number of aromatic nitrogens is 2. The van der Waals surface area contributed by atoms with Gasteiger partial charge in [0.2, 0.25) is 0 Å². The molecule has 2 unspecified atom stereocenters. The number of fused-ring (bicyclic) bond motifs is 1. The van der Waals surface area contributed by atoms with Gasteiger partial charge in [-0.05, 0) is 91.5 Å². The first-order valence-electron chi connectivity index (χ1n) is 13.2. The Balaban J connectivity index is 1.01. The van der Waals surface area contributed by atoms with Gasteiger partial charge in [-0.3, -0.25) is 9.48 Å². The monoisotopic (exact) mass is 469 g/mol. The van der Waals surface area contributed by atoms with Gasteiger partial charge in [0.05, 0.1) is 12.1 Å². The van der Waals surface area contributed by atoms with Crippen LogP contribution in [0.1, 0.15) is 65.7 Å². The Bertz CT molecular complexity index is 1110. The average molecular weight is 470 g/mol. The molecule has 2 aliphatic carbocycles. The first kappa shape index (κ1) is 22.5. The van der Waals surface area contributed by atoms with E-state index in [1.165, 1.54) is 5.56 Å². The van der Waals surface area contributed by atoms with Crippen LogP contribution < -0.4 is 0 Å². The lowest BCUT2D eigenvalue weighted by Crippen LogP contribution is -2.30. The summed E-state index contributed by atoms with van der Waals surface area (Å²) in [4.78, 5) is 15.2. The molecule has 5 heteroatoms. The summed E-state index contributed by atoms with van der Waals surface area (Å²) in [7, 11) is 0. The molecule has 3 aromatic rings. The third-order valence-corrected chi connectivity index (χ3v) is 8.81. The summed E-state index contributed by atoms with van der Waals surface area (Å²) in [5.41, 5.74) is 3.13. The van der Waals surface area contributed by atoms with Crippen LogP contribution in [-0.4, -0.2) is 38.8 Å². The van der Waals surface area contributed by atoms with Gasteiger partial charge in [0.1, 0.15) is 0 Å². The molecule has 2 aromatic carbocycles. The quantitative estimate of drug-likeness (QED) is 0.533. The van der Waals surface area contributed by atoms with Gasteiger partial charge in [-0.15, -0.1) is 0 Å². The largest absolute Gasteiger partial charge is 0.388 e. The summed E-state index contributed by atoms with van der Waals surface area (Å²) in [6, 6.07) is 20.8. The van der Waals surface area contributed by atoms with Crippen LogP contribution in [0.5, 0.6) is 0 Å². The molecule has 3 aliphatic rings. The van der Waals surface area contributed by atoms with E-state index >= 15 is 0 Å². The Labute approximate surface area is 207 Å². The molecule has 5 atom stereocenters. The Morgan fingerprint density at radius 3 is 2.37 bits per heavy atom. The average Bonchev–Trinajstić information content (AvgIpc) is 3.68. The van der Waals surface area contributed by atoms with Crippen molar-refractivity contribution >= 4 is 5.91 Å². The van der Waals surface area contributed by atoms with Crippen molar-refractivity contribution < 1.29 is 9.90 Å². The van der Waals surface area contributed by atoms with Crippen LogP contribution in [0.4, 0.5) is 0 Å². The smallest absolute Gasteiger partial charge is 0.253 e. The zero-order chi connectivity index (χ0) is 23.8.